The molecule has 0 spiro atoms. The Balaban J connectivity index is -0.000000155. The quantitative estimate of drug-likeness (QED) is 0.130. The molecule has 0 unspecified atom stereocenters. The van der Waals surface area contributed by atoms with Gasteiger partial charge in [0, 0.05) is 0 Å². The van der Waals surface area contributed by atoms with Gasteiger partial charge in [-0.1, -0.05) is 89.7 Å². The molecule has 176 valence electrons. The number of rotatable bonds is 2. The van der Waals surface area contributed by atoms with Crippen LogP contribution >= 0.6 is 23.7 Å². The van der Waals surface area contributed by atoms with Gasteiger partial charge in [-0.25, -0.2) is 0 Å². The third-order valence-corrected chi connectivity index (χ3v) is 5.21. The van der Waals surface area contributed by atoms with Crippen molar-refractivity contribution in [2.24, 2.45) is 0 Å². The minimum absolute atomic E-state index is 0. The molecule has 0 fully saturated rings. The zero-order valence-electron chi connectivity index (χ0n) is 17.6. The van der Waals surface area contributed by atoms with E-state index in [1.54, 1.807) is 0 Å². The molecule has 10 heteroatoms. The van der Waals surface area contributed by atoms with E-state index in [4.69, 9.17) is 0 Å². The van der Waals surface area contributed by atoms with Crippen molar-refractivity contribution in [1.82, 2.24) is 0 Å². The van der Waals surface area contributed by atoms with Crippen LogP contribution in [0.15, 0.2) is 79.6 Å². The Morgan fingerprint density at radius 1 is 0.633 bits per heavy atom. The third kappa shape index (κ3) is 35.0. The van der Waals surface area contributed by atoms with Crippen molar-refractivity contribution in [2.75, 3.05) is 26.7 Å². The van der Waals surface area contributed by atoms with E-state index in [-0.39, 0.29) is 44.3 Å². The first-order valence-corrected chi connectivity index (χ1v) is 14.3. The summed E-state index contributed by atoms with van der Waals surface area (Å²) in [6.45, 7) is 15.3. The summed E-state index contributed by atoms with van der Waals surface area (Å²) in [5, 5.41) is 2.96. The summed E-state index contributed by atoms with van der Waals surface area (Å²) in [4.78, 5) is 0. The molecule has 2 aromatic rings. The van der Waals surface area contributed by atoms with E-state index in [2.05, 4.69) is 106 Å². The first kappa shape index (κ1) is 36.9. The molecule has 0 N–H and O–H groups in total. The minimum atomic E-state index is -10.7. The van der Waals surface area contributed by atoms with Crippen molar-refractivity contribution in [3.05, 3.63) is 87.0 Å². The van der Waals surface area contributed by atoms with E-state index < -0.39 is 7.81 Å². The summed E-state index contributed by atoms with van der Waals surface area (Å²) in [6, 6.07) is 21.2. The van der Waals surface area contributed by atoms with Crippen molar-refractivity contribution in [3.63, 3.8) is 0 Å². The topological polar surface area (TPSA) is 0 Å². The summed E-state index contributed by atoms with van der Waals surface area (Å²) in [7, 11) is -10.4. The second-order valence-corrected chi connectivity index (χ2v) is 12.2. The number of hydrogen-bond donors (Lipinski definition) is 0. The summed E-state index contributed by atoms with van der Waals surface area (Å²) >= 11 is 0. The predicted octanol–water partition coefficient (Wildman–Crippen LogP) is 8.89. The van der Waals surface area contributed by atoms with Gasteiger partial charge in [0.1, 0.15) is 0 Å². The molecule has 0 radical (unpaired) electrons. The molecule has 0 bridgehead atoms. The monoisotopic (exact) mass is 671 g/mol. The Kier molecular flexibility index (Phi) is 18.9. The maximum absolute atomic E-state index is 10.7. The molecule has 2 rings (SSSR count). The molecular formula is C20H29F6P3Pt. The van der Waals surface area contributed by atoms with E-state index in [9.17, 15) is 25.2 Å². The molecule has 0 aliphatic carbocycles. The Hall–Kier alpha value is -0.482. The van der Waals surface area contributed by atoms with Crippen molar-refractivity contribution in [3.8, 4) is 0 Å². The largest absolute Gasteiger partial charge is 2.00 e. The van der Waals surface area contributed by atoms with E-state index in [1.165, 1.54) is 10.6 Å². The molecule has 0 aliphatic rings. The summed E-state index contributed by atoms with van der Waals surface area (Å²) in [5.74, 6) is 0. The fourth-order valence-corrected chi connectivity index (χ4v) is 2.99. The fourth-order valence-electron chi connectivity index (χ4n) is 1.45. The molecule has 0 aromatic heterocycles. The first-order valence-electron chi connectivity index (χ1n) is 7.78. The Morgan fingerprint density at radius 2 is 0.800 bits per heavy atom. The molecule has 0 saturated heterocycles. The molecule has 0 amide bonds. The SMILES string of the molecule is C=C=C.CP(C)c1ccccc1.CP(C)c1ccccc1.F[P-](F)(F)(F)(F)F.[CH3-].[Pt+2]. The van der Waals surface area contributed by atoms with Gasteiger partial charge in [0.05, 0.1) is 0 Å². The average Bonchev–Trinajstić information content (AvgIpc) is 2.55. The van der Waals surface area contributed by atoms with Gasteiger partial charge in [-0.2, -0.15) is 0 Å². The smallest absolute Gasteiger partial charge is 0.358 e. The van der Waals surface area contributed by atoms with Crippen LogP contribution in [0, 0.1) is 7.43 Å². The van der Waals surface area contributed by atoms with Crippen LogP contribution < -0.4 is 10.6 Å². The molecule has 30 heavy (non-hydrogen) atoms. The van der Waals surface area contributed by atoms with Gasteiger partial charge in [0.2, 0.25) is 0 Å². The molecule has 0 heterocycles. The van der Waals surface area contributed by atoms with Crippen LogP contribution in [-0.2, 0) is 21.1 Å². The third-order valence-electron chi connectivity index (χ3n) is 2.55. The van der Waals surface area contributed by atoms with E-state index in [0.29, 0.717) is 0 Å². The number of benzene rings is 2. The van der Waals surface area contributed by atoms with Gasteiger partial charge in [0.15, 0.2) is 0 Å². The summed E-state index contributed by atoms with van der Waals surface area (Å²) in [6.07, 6.45) is 0. The Morgan fingerprint density at radius 3 is 0.900 bits per heavy atom. The van der Waals surface area contributed by atoms with Gasteiger partial charge < -0.3 is 7.43 Å². The zero-order chi connectivity index (χ0) is 22.5. The van der Waals surface area contributed by atoms with Gasteiger partial charge >= 0.3 is 54.1 Å². The second-order valence-electron chi connectivity index (χ2n) is 5.67. The van der Waals surface area contributed by atoms with Gasteiger partial charge in [0.25, 0.3) is 0 Å². The van der Waals surface area contributed by atoms with Gasteiger partial charge in [-0.05, 0) is 37.3 Å². The number of hydrogen-bond acceptors (Lipinski definition) is 0. The van der Waals surface area contributed by atoms with Crippen LogP contribution in [0.5, 0.6) is 0 Å². The second kappa shape index (κ2) is 15.3. The van der Waals surface area contributed by atoms with Gasteiger partial charge in [-0.15, -0.1) is 5.73 Å². The first-order chi connectivity index (χ1) is 12.5. The molecule has 2 aromatic carbocycles. The average molecular weight is 671 g/mol. The molecule has 0 saturated carbocycles. The van der Waals surface area contributed by atoms with Crippen molar-refractivity contribution in [1.29, 1.82) is 0 Å². The van der Waals surface area contributed by atoms with Crippen LogP contribution in [0.3, 0.4) is 0 Å². The van der Waals surface area contributed by atoms with Crippen LogP contribution in [0.25, 0.3) is 0 Å². The van der Waals surface area contributed by atoms with E-state index in [0.717, 1.165) is 0 Å². The standard InChI is InChI=1S/2C8H11P.C3H4.CH3.F6P.Pt/c2*1-9(2)8-6-4-3-5-7-8;1-3-2;;1-7(2,3,4,5)6;/h2*3-7H,1-2H3;1-2H2;1H3;;/q;;;2*-1;+2. The van der Waals surface area contributed by atoms with E-state index in [1.807, 2.05) is 0 Å². The van der Waals surface area contributed by atoms with Gasteiger partial charge in [-0.3, -0.25) is 0 Å². The van der Waals surface area contributed by atoms with Crippen LogP contribution in [0.4, 0.5) is 25.2 Å². The molecule has 0 aliphatic heterocycles. The fraction of sp³-hybridized carbons (Fsp3) is 0.200. The van der Waals surface area contributed by atoms with Crippen LogP contribution in [0.2, 0.25) is 0 Å². The van der Waals surface area contributed by atoms with Crippen LogP contribution in [0.1, 0.15) is 0 Å². The molecule has 0 nitrogen and oxygen atoms in total. The van der Waals surface area contributed by atoms with Crippen molar-refractivity contribution >= 4 is 34.3 Å². The zero-order valence-corrected chi connectivity index (χ0v) is 22.6. The van der Waals surface area contributed by atoms with Crippen molar-refractivity contribution in [2.45, 2.75) is 0 Å². The number of halogens is 6. The summed E-state index contributed by atoms with van der Waals surface area (Å²) < 4.78 is 59.2. The minimum Gasteiger partial charge on any atom is -0.358 e. The predicted molar refractivity (Wildman–Crippen MR) is 124 cm³/mol. The molecule has 0 atom stereocenters. The normalized spacial score (nSPS) is 11.7. The molecular weight excluding hydrogens is 642 g/mol. The van der Waals surface area contributed by atoms with Crippen LogP contribution in [-0.4, -0.2) is 26.7 Å². The maximum atomic E-state index is 9.87. The van der Waals surface area contributed by atoms with E-state index >= 15 is 0 Å². The summed E-state index contributed by atoms with van der Waals surface area (Å²) in [5.41, 5.74) is 2.25. The maximum Gasteiger partial charge on any atom is 2.00 e. The van der Waals surface area contributed by atoms with Crippen molar-refractivity contribution < 1.29 is 46.2 Å². The Labute approximate surface area is 193 Å². The Bertz CT molecular complexity index is 643.